The first-order chi connectivity index (χ1) is 6.35. The maximum Gasteiger partial charge on any atom is 0.209 e. The highest BCUT2D eigenvalue weighted by Gasteiger charge is 2.18. The Morgan fingerprint density at radius 3 is 2.21 bits per heavy atom. The number of hydrogen-bond donors (Lipinski definition) is 1. The molecule has 3 heteroatoms. The summed E-state index contributed by atoms with van der Waals surface area (Å²) in [6, 6.07) is 0. The molecule has 1 atom stereocenters. The summed E-state index contributed by atoms with van der Waals surface area (Å²) in [5.41, 5.74) is -0.211. The van der Waals surface area contributed by atoms with Crippen molar-refractivity contribution in [2.24, 2.45) is 5.92 Å². The number of carbonyl (C=O) groups is 1. The van der Waals surface area contributed by atoms with Crippen molar-refractivity contribution in [1.82, 2.24) is 5.32 Å². The van der Waals surface area contributed by atoms with Crippen LogP contribution in [-0.4, -0.2) is 18.2 Å². The van der Waals surface area contributed by atoms with Crippen molar-refractivity contribution in [3.8, 4) is 0 Å². The molecule has 0 aromatic rings. The molecule has 1 amide bonds. The van der Waals surface area contributed by atoms with Crippen LogP contribution in [0.25, 0.3) is 0 Å². The predicted octanol–water partition coefficient (Wildman–Crippen LogP) is 2.31. The highest BCUT2D eigenvalue weighted by atomic mass is 16.5. The normalized spacial score (nSPS) is 14.1. The van der Waals surface area contributed by atoms with E-state index in [-0.39, 0.29) is 11.8 Å². The maximum absolute atomic E-state index is 10.4. The molecule has 0 aliphatic rings. The third kappa shape index (κ3) is 8.05. The zero-order valence-corrected chi connectivity index (χ0v) is 9.96. The third-order valence-electron chi connectivity index (χ3n) is 1.76. The molecule has 0 spiro atoms. The van der Waals surface area contributed by atoms with Crippen LogP contribution < -0.4 is 5.32 Å². The van der Waals surface area contributed by atoms with Gasteiger partial charge in [0, 0.05) is 0 Å². The Labute approximate surface area is 87.2 Å². The first-order valence-electron chi connectivity index (χ1n) is 5.22. The Hall–Kier alpha value is -0.570. The molecule has 1 unspecified atom stereocenters. The fourth-order valence-electron chi connectivity index (χ4n) is 1.16. The van der Waals surface area contributed by atoms with Gasteiger partial charge in [0.05, 0.1) is 5.60 Å². The molecule has 0 rings (SSSR count). The molecule has 0 saturated heterocycles. The van der Waals surface area contributed by atoms with Gasteiger partial charge in [-0.15, -0.1) is 0 Å². The number of ether oxygens (including phenoxy) is 1. The lowest BCUT2D eigenvalue weighted by atomic mass is 10.1. The molecule has 1 N–H and O–H groups in total. The minimum absolute atomic E-state index is 0.158. The van der Waals surface area contributed by atoms with E-state index < -0.39 is 0 Å². The molecule has 0 radical (unpaired) electrons. The van der Waals surface area contributed by atoms with Gasteiger partial charge in [0.15, 0.2) is 0 Å². The lowest BCUT2D eigenvalue weighted by Crippen LogP contribution is -2.37. The molecule has 0 aliphatic carbocycles. The Balaban J connectivity index is 3.95. The summed E-state index contributed by atoms with van der Waals surface area (Å²) in [5, 5.41) is 2.69. The van der Waals surface area contributed by atoms with E-state index >= 15 is 0 Å². The van der Waals surface area contributed by atoms with Gasteiger partial charge in [-0.1, -0.05) is 13.8 Å². The van der Waals surface area contributed by atoms with Crippen LogP contribution in [0.5, 0.6) is 0 Å². The zero-order chi connectivity index (χ0) is 11.2. The summed E-state index contributed by atoms with van der Waals surface area (Å²) >= 11 is 0. The number of nitrogens with one attached hydrogen (secondary N) is 1. The molecular weight excluding hydrogens is 178 g/mol. The summed E-state index contributed by atoms with van der Waals surface area (Å²) < 4.78 is 5.69. The Kier molecular flexibility index (Phi) is 5.77. The topological polar surface area (TPSA) is 38.3 Å². The van der Waals surface area contributed by atoms with E-state index in [1.54, 1.807) is 0 Å². The van der Waals surface area contributed by atoms with E-state index in [1.807, 2.05) is 20.8 Å². The van der Waals surface area contributed by atoms with E-state index in [9.17, 15) is 4.79 Å². The fourth-order valence-corrected chi connectivity index (χ4v) is 1.16. The average Bonchev–Trinajstić information content (AvgIpc) is 1.98. The van der Waals surface area contributed by atoms with Crippen LogP contribution in [0.1, 0.15) is 47.5 Å². The summed E-state index contributed by atoms with van der Waals surface area (Å²) in [5.74, 6) is 0.634. The molecule has 84 valence electrons. The molecule has 0 bridgehead atoms. The summed E-state index contributed by atoms with van der Waals surface area (Å²) in [7, 11) is 0. The smallest absolute Gasteiger partial charge is 0.209 e. The van der Waals surface area contributed by atoms with E-state index in [0.717, 1.165) is 12.8 Å². The van der Waals surface area contributed by atoms with Crippen molar-refractivity contribution >= 4 is 6.41 Å². The van der Waals surface area contributed by atoms with Crippen molar-refractivity contribution in [3.63, 3.8) is 0 Å². The second kappa shape index (κ2) is 6.02. The minimum Gasteiger partial charge on any atom is -0.353 e. The lowest BCUT2D eigenvalue weighted by molar-refractivity contribution is -0.120. The van der Waals surface area contributed by atoms with Gasteiger partial charge in [0.25, 0.3) is 0 Å². The Morgan fingerprint density at radius 1 is 1.29 bits per heavy atom. The third-order valence-corrected chi connectivity index (χ3v) is 1.76. The van der Waals surface area contributed by atoms with E-state index in [1.165, 1.54) is 0 Å². The molecule has 14 heavy (non-hydrogen) atoms. The van der Waals surface area contributed by atoms with Crippen LogP contribution >= 0.6 is 0 Å². The van der Waals surface area contributed by atoms with Gasteiger partial charge in [-0.2, -0.15) is 0 Å². The van der Waals surface area contributed by atoms with Gasteiger partial charge in [-0.05, 0) is 39.5 Å². The largest absolute Gasteiger partial charge is 0.353 e. The number of hydrogen-bond acceptors (Lipinski definition) is 2. The molecule has 3 nitrogen and oxygen atoms in total. The maximum atomic E-state index is 10.4. The van der Waals surface area contributed by atoms with Gasteiger partial charge < -0.3 is 10.1 Å². The van der Waals surface area contributed by atoms with E-state index in [4.69, 9.17) is 4.74 Å². The Morgan fingerprint density at radius 2 is 1.86 bits per heavy atom. The molecule has 0 saturated carbocycles. The molecule has 0 aromatic carbocycles. The van der Waals surface area contributed by atoms with Crippen LogP contribution in [0.15, 0.2) is 0 Å². The van der Waals surface area contributed by atoms with Gasteiger partial charge in [0.1, 0.15) is 6.23 Å². The van der Waals surface area contributed by atoms with Crippen molar-refractivity contribution in [2.45, 2.75) is 59.3 Å². The highest BCUT2D eigenvalue weighted by Crippen LogP contribution is 2.14. The standard InChI is InChI=1S/C11H23NO2/c1-9(2)6-7-10(12-8-13)14-11(3,4)5/h8-10H,6-7H2,1-5H3,(H,12,13). The van der Waals surface area contributed by atoms with Crippen molar-refractivity contribution < 1.29 is 9.53 Å². The first kappa shape index (κ1) is 13.4. The van der Waals surface area contributed by atoms with E-state index in [2.05, 4.69) is 19.2 Å². The number of amides is 1. The summed E-state index contributed by atoms with van der Waals surface area (Å²) in [6.07, 6.45) is 2.47. The quantitative estimate of drug-likeness (QED) is 0.529. The van der Waals surface area contributed by atoms with Crippen molar-refractivity contribution in [2.75, 3.05) is 0 Å². The predicted molar refractivity (Wildman–Crippen MR) is 57.9 cm³/mol. The number of carbonyl (C=O) groups excluding carboxylic acids is 1. The van der Waals surface area contributed by atoms with Crippen LogP contribution in [0.3, 0.4) is 0 Å². The van der Waals surface area contributed by atoms with Gasteiger partial charge in [-0.3, -0.25) is 4.79 Å². The second-order valence-corrected chi connectivity index (χ2v) is 4.97. The fraction of sp³-hybridized carbons (Fsp3) is 0.909. The van der Waals surface area contributed by atoms with Crippen LogP contribution in [0.4, 0.5) is 0 Å². The monoisotopic (exact) mass is 201 g/mol. The second-order valence-electron chi connectivity index (χ2n) is 4.97. The van der Waals surface area contributed by atoms with Gasteiger partial charge in [-0.25, -0.2) is 0 Å². The zero-order valence-electron chi connectivity index (χ0n) is 9.96. The summed E-state index contributed by atoms with van der Waals surface area (Å²) in [6.45, 7) is 10.3. The van der Waals surface area contributed by atoms with Crippen molar-refractivity contribution in [3.05, 3.63) is 0 Å². The molecular formula is C11H23NO2. The van der Waals surface area contributed by atoms with Crippen LogP contribution in [0.2, 0.25) is 0 Å². The lowest BCUT2D eigenvalue weighted by Gasteiger charge is -2.27. The molecule has 0 aliphatic heterocycles. The summed E-state index contributed by atoms with van der Waals surface area (Å²) in [4.78, 5) is 10.4. The van der Waals surface area contributed by atoms with Gasteiger partial charge in [0.2, 0.25) is 6.41 Å². The molecule has 0 heterocycles. The first-order valence-corrected chi connectivity index (χ1v) is 5.22. The van der Waals surface area contributed by atoms with Crippen LogP contribution in [0, 0.1) is 5.92 Å². The van der Waals surface area contributed by atoms with E-state index in [0.29, 0.717) is 12.3 Å². The SMILES string of the molecule is CC(C)CCC(NC=O)OC(C)(C)C. The number of rotatable bonds is 6. The minimum atomic E-state index is -0.211. The molecule has 0 aromatic heterocycles. The Bertz CT molecular complexity index is 161. The van der Waals surface area contributed by atoms with Crippen LogP contribution in [-0.2, 0) is 9.53 Å². The molecule has 0 fully saturated rings. The highest BCUT2D eigenvalue weighted by molar-refractivity contribution is 5.46. The average molecular weight is 201 g/mol. The van der Waals surface area contributed by atoms with Gasteiger partial charge >= 0.3 is 0 Å². The van der Waals surface area contributed by atoms with Crippen molar-refractivity contribution in [1.29, 1.82) is 0 Å².